The molecule has 1 atom stereocenters. The molecule has 104 valence electrons. The summed E-state index contributed by atoms with van der Waals surface area (Å²) in [5.74, 6) is -0.272. The van der Waals surface area contributed by atoms with Crippen molar-refractivity contribution in [1.82, 2.24) is 5.32 Å². The van der Waals surface area contributed by atoms with Crippen molar-refractivity contribution in [2.24, 2.45) is 0 Å². The Bertz CT molecular complexity index is 461. The van der Waals surface area contributed by atoms with Crippen molar-refractivity contribution in [2.45, 2.75) is 25.9 Å². The van der Waals surface area contributed by atoms with Gasteiger partial charge in [-0.1, -0.05) is 36.5 Å². The molecule has 0 aliphatic heterocycles. The van der Waals surface area contributed by atoms with Crippen molar-refractivity contribution >= 4 is 35.2 Å². The molecular formula is C14H17Cl2NO2. The molecule has 1 unspecified atom stereocenters. The topological polar surface area (TPSA) is 49.3 Å². The molecule has 0 saturated carbocycles. The number of hydrogen-bond acceptors (Lipinski definition) is 2. The standard InChI is InChI=1S/C14H17Cl2NO2/c1-2-3-12(18)9-17-14(19)7-4-10-8-11(15)5-6-13(10)16/h4-8,12,18H,2-3,9H2,1H3,(H,17,19)/b7-4+. The highest BCUT2D eigenvalue weighted by atomic mass is 35.5. The maximum Gasteiger partial charge on any atom is 0.244 e. The molecule has 0 saturated heterocycles. The molecule has 0 bridgehead atoms. The van der Waals surface area contributed by atoms with Crippen LogP contribution >= 0.6 is 23.2 Å². The van der Waals surface area contributed by atoms with Gasteiger partial charge < -0.3 is 10.4 Å². The van der Waals surface area contributed by atoms with Gasteiger partial charge in [0.05, 0.1) is 6.10 Å². The SMILES string of the molecule is CCCC(O)CNC(=O)/C=C/c1cc(Cl)ccc1Cl. The first kappa shape index (κ1) is 16.0. The van der Waals surface area contributed by atoms with Gasteiger partial charge in [0.2, 0.25) is 5.91 Å². The number of benzene rings is 1. The summed E-state index contributed by atoms with van der Waals surface area (Å²) in [6.45, 7) is 2.23. The zero-order valence-electron chi connectivity index (χ0n) is 10.7. The quantitative estimate of drug-likeness (QED) is 0.792. The van der Waals surface area contributed by atoms with Gasteiger partial charge in [0.25, 0.3) is 0 Å². The van der Waals surface area contributed by atoms with Crippen LogP contribution in [0.25, 0.3) is 6.08 Å². The van der Waals surface area contributed by atoms with Crippen molar-refractivity contribution in [1.29, 1.82) is 0 Å². The Morgan fingerprint density at radius 2 is 2.21 bits per heavy atom. The Morgan fingerprint density at radius 1 is 1.47 bits per heavy atom. The number of amides is 1. The van der Waals surface area contributed by atoms with E-state index in [1.165, 1.54) is 6.08 Å². The highest BCUT2D eigenvalue weighted by Gasteiger charge is 2.04. The molecule has 1 amide bonds. The lowest BCUT2D eigenvalue weighted by Crippen LogP contribution is -2.30. The van der Waals surface area contributed by atoms with Crippen LogP contribution < -0.4 is 5.32 Å². The van der Waals surface area contributed by atoms with Crippen LogP contribution in [0.4, 0.5) is 0 Å². The average Bonchev–Trinajstić information content (AvgIpc) is 2.38. The van der Waals surface area contributed by atoms with Crippen molar-refractivity contribution in [3.8, 4) is 0 Å². The van der Waals surface area contributed by atoms with Crippen LogP contribution in [0, 0.1) is 0 Å². The summed E-state index contributed by atoms with van der Waals surface area (Å²) in [4.78, 5) is 11.5. The number of carbonyl (C=O) groups excluding carboxylic acids is 1. The number of aliphatic hydroxyl groups excluding tert-OH is 1. The van der Waals surface area contributed by atoms with Crippen molar-refractivity contribution in [3.05, 3.63) is 39.9 Å². The van der Waals surface area contributed by atoms with Gasteiger partial charge in [0.1, 0.15) is 0 Å². The highest BCUT2D eigenvalue weighted by Crippen LogP contribution is 2.21. The van der Waals surface area contributed by atoms with E-state index in [0.717, 1.165) is 6.42 Å². The highest BCUT2D eigenvalue weighted by molar-refractivity contribution is 6.34. The molecule has 5 heteroatoms. The molecule has 0 aliphatic rings. The maximum absolute atomic E-state index is 11.5. The van der Waals surface area contributed by atoms with E-state index in [1.807, 2.05) is 6.92 Å². The largest absolute Gasteiger partial charge is 0.391 e. The van der Waals surface area contributed by atoms with E-state index in [2.05, 4.69) is 5.32 Å². The van der Waals surface area contributed by atoms with Gasteiger partial charge in [-0.2, -0.15) is 0 Å². The third-order valence-corrected chi connectivity index (χ3v) is 3.09. The Hall–Kier alpha value is -1.03. The van der Waals surface area contributed by atoms with Crippen LogP contribution in [-0.4, -0.2) is 23.7 Å². The summed E-state index contributed by atoms with van der Waals surface area (Å²) < 4.78 is 0. The van der Waals surface area contributed by atoms with Crippen LogP contribution in [0.3, 0.4) is 0 Å². The van der Waals surface area contributed by atoms with E-state index in [4.69, 9.17) is 23.2 Å². The number of rotatable bonds is 6. The first-order chi connectivity index (χ1) is 9.02. The number of aliphatic hydroxyl groups is 1. The fourth-order valence-electron chi connectivity index (χ4n) is 1.52. The molecule has 0 heterocycles. The van der Waals surface area contributed by atoms with E-state index in [0.29, 0.717) is 22.0 Å². The number of hydrogen-bond donors (Lipinski definition) is 2. The molecule has 0 radical (unpaired) electrons. The number of carbonyl (C=O) groups is 1. The Morgan fingerprint density at radius 3 is 2.89 bits per heavy atom. The monoisotopic (exact) mass is 301 g/mol. The normalized spacial score (nSPS) is 12.6. The minimum atomic E-state index is -0.503. The predicted molar refractivity (Wildman–Crippen MR) is 79.4 cm³/mol. The van der Waals surface area contributed by atoms with Gasteiger partial charge in [-0.3, -0.25) is 4.79 Å². The molecular weight excluding hydrogens is 285 g/mol. The van der Waals surface area contributed by atoms with Gasteiger partial charge >= 0.3 is 0 Å². The number of nitrogens with one attached hydrogen (secondary N) is 1. The molecule has 0 aliphatic carbocycles. The van der Waals surface area contributed by atoms with Gasteiger partial charge in [0, 0.05) is 22.7 Å². The van der Waals surface area contributed by atoms with Crippen molar-refractivity contribution < 1.29 is 9.90 Å². The maximum atomic E-state index is 11.5. The molecule has 0 spiro atoms. The van der Waals surface area contributed by atoms with Gasteiger partial charge in [-0.05, 0) is 36.3 Å². The second-order valence-electron chi connectivity index (χ2n) is 4.19. The summed E-state index contributed by atoms with van der Waals surface area (Å²) in [5, 5.41) is 13.2. The van der Waals surface area contributed by atoms with Gasteiger partial charge in [-0.15, -0.1) is 0 Å². The minimum absolute atomic E-state index is 0.250. The van der Waals surface area contributed by atoms with Gasteiger partial charge in [0.15, 0.2) is 0 Å². The third-order valence-electron chi connectivity index (χ3n) is 2.51. The lowest BCUT2D eigenvalue weighted by atomic mass is 10.2. The zero-order valence-corrected chi connectivity index (χ0v) is 12.2. The summed E-state index contributed by atoms with van der Waals surface area (Å²) in [7, 11) is 0. The predicted octanol–water partition coefficient (Wildman–Crippen LogP) is 3.28. The first-order valence-electron chi connectivity index (χ1n) is 6.12. The molecule has 1 rings (SSSR count). The van der Waals surface area contributed by atoms with E-state index in [1.54, 1.807) is 24.3 Å². The summed E-state index contributed by atoms with van der Waals surface area (Å²) in [5.41, 5.74) is 0.679. The van der Waals surface area contributed by atoms with Crippen molar-refractivity contribution in [2.75, 3.05) is 6.54 Å². The molecule has 3 nitrogen and oxygen atoms in total. The zero-order chi connectivity index (χ0) is 14.3. The van der Waals surface area contributed by atoms with E-state index in [-0.39, 0.29) is 12.5 Å². The second-order valence-corrected chi connectivity index (χ2v) is 5.03. The lowest BCUT2D eigenvalue weighted by molar-refractivity contribution is -0.116. The first-order valence-corrected chi connectivity index (χ1v) is 6.87. The number of halogens is 2. The molecule has 19 heavy (non-hydrogen) atoms. The minimum Gasteiger partial charge on any atom is -0.391 e. The second kappa shape index (κ2) is 8.20. The average molecular weight is 302 g/mol. The Kier molecular flexibility index (Phi) is 6.92. The van der Waals surface area contributed by atoms with Crippen LogP contribution in [-0.2, 0) is 4.79 Å². The van der Waals surface area contributed by atoms with E-state index in [9.17, 15) is 9.90 Å². The van der Waals surface area contributed by atoms with Gasteiger partial charge in [-0.25, -0.2) is 0 Å². The molecule has 0 fully saturated rings. The van der Waals surface area contributed by atoms with E-state index < -0.39 is 6.10 Å². The van der Waals surface area contributed by atoms with Crippen LogP contribution in [0.2, 0.25) is 10.0 Å². The molecule has 1 aromatic carbocycles. The third kappa shape index (κ3) is 6.10. The van der Waals surface area contributed by atoms with Crippen LogP contribution in [0.5, 0.6) is 0 Å². The van der Waals surface area contributed by atoms with Crippen LogP contribution in [0.15, 0.2) is 24.3 Å². The fourth-order valence-corrected chi connectivity index (χ4v) is 1.88. The summed E-state index contributed by atoms with van der Waals surface area (Å²) >= 11 is 11.8. The molecule has 0 aromatic heterocycles. The Balaban J connectivity index is 2.52. The van der Waals surface area contributed by atoms with E-state index >= 15 is 0 Å². The summed E-state index contributed by atoms with van der Waals surface area (Å²) in [6.07, 6.45) is 4.01. The van der Waals surface area contributed by atoms with Crippen molar-refractivity contribution in [3.63, 3.8) is 0 Å². The molecule has 2 N–H and O–H groups in total. The Labute approximate surface area is 123 Å². The lowest BCUT2D eigenvalue weighted by Gasteiger charge is -2.08. The summed E-state index contributed by atoms with van der Waals surface area (Å²) in [6, 6.07) is 5.04. The smallest absolute Gasteiger partial charge is 0.244 e. The molecule has 1 aromatic rings. The van der Waals surface area contributed by atoms with Crippen LogP contribution in [0.1, 0.15) is 25.3 Å². The fraction of sp³-hybridized carbons (Fsp3) is 0.357.